The van der Waals surface area contributed by atoms with Crippen LogP contribution in [0.15, 0.2) is 0 Å². The normalized spacial score (nSPS) is 27.9. The Bertz CT molecular complexity index is 316. The van der Waals surface area contributed by atoms with Crippen LogP contribution in [-0.4, -0.2) is 43.7 Å². The molecule has 3 unspecified atom stereocenters. The molecule has 1 aliphatic rings. The molecule has 1 aliphatic carbocycles. The molecule has 102 valence electrons. The fourth-order valence-electron chi connectivity index (χ4n) is 2.37. The van der Waals surface area contributed by atoms with E-state index in [-0.39, 0.29) is 23.7 Å². The average Bonchev–Trinajstić information content (AvgIpc) is 2.26. The molecule has 0 bridgehead atoms. The van der Waals surface area contributed by atoms with Gasteiger partial charge >= 0.3 is 0 Å². The molecule has 2 N–H and O–H groups in total. The molecule has 1 fully saturated rings. The van der Waals surface area contributed by atoms with Crippen molar-refractivity contribution >= 4 is 9.84 Å². The quantitative estimate of drug-likeness (QED) is 0.749. The van der Waals surface area contributed by atoms with Crippen molar-refractivity contribution in [2.45, 2.75) is 51.7 Å². The first kappa shape index (κ1) is 14.9. The van der Waals surface area contributed by atoms with Crippen LogP contribution in [0.5, 0.6) is 0 Å². The Balaban J connectivity index is 2.25. The lowest BCUT2D eigenvalue weighted by molar-refractivity contribution is 0.1000. The first-order valence-corrected chi connectivity index (χ1v) is 8.37. The monoisotopic (exact) mass is 263 g/mol. The van der Waals surface area contributed by atoms with E-state index in [0.717, 1.165) is 32.2 Å². The summed E-state index contributed by atoms with van der Waals surface area (Å²) in [4.78, 5) is 0. The van der Waals surface area contributed by atoms with Gasteiger partial charge in [-0.25, -0.2) is 8.42 Å². The van der Waals surface area contributed by atoms with Gasteiger partial charge in [0.15, 0.2) is 9.84 Å². The smallest absolute Gasteiger partial charge is 0.151 e. The molecule has 0 spiro atoms. The van der Waals surface area contributed by atoms with Crippen LogP contribution in [-0.2, 0) is 9.84 Å². The van der Waals surface area contributed by atoms with Crippen LogP contribution in [0.1, 0.15) is 39.5 Å². The maximum absolute atomic E-state index is 11.4. The molecule has 4 nitrogen and oxygen atoms in total. The van der Waals surface area contributed by atoms with Gasteiger partial charge in [-0.15, -0.1) is 0 Å². The third-order valence-electron chi connectivity index (χ3n) is 3.45. The highest BCUT2D eigenvalue weighted by Gasteiger charge is 2.21. The fraction of sp³-hybridized carbons (Fsp3) is 1.00. The van der Waals surface area contributed by atoms with Crippen molar-refractivity contribution in [2.75, 3.05) is 18.1 Å². The Kier molecular flexibility index (Phi) is 5.89. The summed E-state index contributed by atoms with van der Waals surface area (Å²) < 4.78 is 22.9. The van der Waals surface area contributed by atoms with E-state index in [4.69, 9.17) is 0 Å². The lowest BCUT2D eigenvalue weighted by Gasteiger charge is -2.27. The molecule has 0 amide bonds. The molecule has 0 aromatic rings. The average molecular weight is 263 g/mol. The standard InChI is InChI=1S/C12H25NO3S/c1-3-17(15,16)9-10(2)13-8-11-5-4-6-12(14)7-11/h10-14H,3-9H2,1-2H3. The van der Waals surface area contributed by atoms with Crippen molar-refractivity contribution < 1.29 is 13.5 Å². The van der Waals surface area contributed by atoms with Crippen molar-refractivity contribution in [3.63, 3.8) is 0 Å². The molecule has 5 heteroatoms. The SMILES string of the molecule is CCS(=O)(=O)CC(C)NCC1CCCC(O)C1. The zero-order valence-electron chi connectivity index (χ0n) is 10.9. The van der Waals surface area contributed by atoms with Gasteiger partial charge in [-0.1, -0.05) is 13.3 Å². The van der Waals surface area contributed by atoms with Gasteiger partial charge in [0.25, 0.3) is 0 Å². The highest BCUT2D eigenvalue weighted by molar-refractivity contribution is 7.91. The maximum atomic E-state index is 11.4. The molecular formula is C12H25NO3S. The second kappa shape index (κ2) is 6.71. The molecule has 0 aromatic heterocycles. The van der Waals surface area contributed by atoms with Gasteiger partial charge in [-0.3, -0.25) is 0 Å². The van der Waals surface area contributed by atoms with Crippen LogP contribution in [0.2, 0.25) is 0 Å². The number of sulfone groups is 1. The second-order valence-corrected chi connectivity index (χ2v) is 7.59. The molecule has 0 radical (unpaired) electrons. The van der Waals surface area contributed by atoms with E-state index in [2.05, 4.69) is 5.32 Å². The Hall–Kier alpha value is -0.130. The van der Waals surface area contributed by atoms with Crippen molar-refractivity contribution in [3.8, 4) is 0 Å². The van der Waals surface area contributed by atoms with Gasteiger partial charge in [0.1, 0.15) is 0 Å². The molecule has 1 saturated carbocycles. The topological polar surface area (TPSA) is 66.4 Å². The zero-order chi connectivity index (χ0) is 12.9. The summed E-state index contributed by atoms with van der Waals surface area (Å²) in [6, 6.07) is -0.000908. The van der Waals surface area contributed by atoms with Gasteiger partial charge in [0.05, 0.1) is 11.9 Å². The molecule has 0 saturated heterocycles. The Labute approximate surface area is 105 Å². The highest BCUT2D eigenvalue weighted by atomic mass is 32.2. The minimum atomic E-state index is -2.89. The predicted octanol–water partition coefficient (Wildman–Crippen LogP) is 0.950. The van der Waals surface area contributed by atoms with Crippen LogP contribution in [0.4, 0.5) is 0 Å². The summed E-state index contributed by atoms with van der Waals surface area (Å²) in [5.74, 6) is 0.908. The number of aliphatic hydroxyl groups excluding tert-OH is 1. The lowest BCUT2D eigenvalue weighted by atomic mass is 9.87. The van der Waals surface area contributed by atoms with Crippen molar-refractivity contribution in [3.05, 3.63) is 0 Å². The van der Waals surface area contributed by atoms with E-state index in [0.29, 0.717) is 5.92 Å². The first-order chi connectivity index (χ1) is 7.93. The summed E-state index contributed by atoms with van der Waals surface area (Å²) in [7, 11) is -2.89. The van der Waals surface area contributed by atoms with E-state index in [1.807, 2.05) is 6.92 Å². The van der Waals surface area contributed by atoms with Crippen LogP contribution < -0.4 is 5.32 Å². The third kappa shape index (κ3) is 5.84. The van der Waals surface area contributed by atoms with Crippen molar-refractivity contribution in [1.82, 2.24) is 5.32 Å². The molecule has 3 atom stereocenters. The van der Waals surface area contributed by atoms with Gasteiger partial charge in [-0.2, -0.15) is 0 Å². The Morgan fingerprint density at radius 1 is 1.41 bits per heavy atom. The van der Waals surface area contributed by atoms with E-state index in [9.17, 15) is 13.5 Å². The van der Waals surface area contributed by atoms with E-state index < -0.39 is 9.84 Å². The number of rotatable bonds is 6. The lowest BCUT2D eigenvalue weighted by Crippen LogP contribution is -2.38. The maximum Gasteiger partial charge on any atom is 0.151 e. The number of hydrogen-bond donors (Lipinski definition) is 2. The molecule has 0 aromatic carbocycles. The molecule has 1 rings (SSSR count). The first-order valence-electron chi connectivity index (χ1n) is 6.55. The Morgan fingerprint density at radius 2 is 2.12 bits per heavy atom. The minimum Gasteiger partial charge on any atom is -0.393 e. The zero-order valence-corrected chi connectivity index (χ0v) is 11.7. The van der Waals surface area contributed by atoms with E-state index >= 15 is 0 Å². The minimum absolute atomic E-state index is 0.000908. The van der Waals surface area contributed by atoms with Crippen LogP contribution in [0.25, 0.3) is 0 Å². The molecule has 0 heterocycles. The summed E-state index contributed by atoms with van der Waals surface area (Å²) in [5, 5.41) is 12.8. The summed E-state index contributed by atoms with van der Waals surface area (Å²) in [6.45, 7) is 4.41. The summed E-state index contributed by atoms with van der Waals surface area (Å²) in [5.41, 5.74) is 0. The van der Waals surface area contributed by atoms with E-state index in [1.165, 1.54) is 0 Å². The summed E-state index contributed by atoms with van der Waals surface area (Å²) >= 11 is 0. The van der Waals surface area contributed by atoms with Gasteiger partial charge in [0, 0.05) is 11.8 Å². The fourth-order valence-corrected chi connectivity index (χ4v) is 3.49. The van der Waals surface area contributed by atoms with E-state index in [1.54, 1.807) is 6.92 Å². The molecule has 17 heavy (non-hydrogen) atoms. The largest absolute Gasteiger partial charge is 0.393 e. The Morgan fingerprint density at radius 3 is 2.71 bits per heavy atom. The van der Waals surface area contributed by atoms with Crippen molar-refractivity contribution in [1.29, 1.82) is 0 Å². The highest BCUT2D eigenvalue weighted by Crippen LogP contribution is 2.23. The van der Waals surface area contributed by atoms with Crippen LogP contribution in [0, 0.1) is 5.92 Å². The van der Waals surface area contributed by atoms with Gasteiger partial charge < -0.3 is 10.4 Å². The van der Waals surface area contributed by atoms with Gasteiger partial charge in [-0.05, 0) is 38.6 Å². The van der Waals surface area contributed by atoms with Crippen molar-refractivity contribution in [2.24, 2.45) is 5.92 Å². The van der Waals surface area contributed by atoms with Crippen LogP contribution in [0.3, 0.4) is 0 Å². The molecule has 0 aliphatic heterocycles. The number of nitrogens with one attached hydrogen (secondary N) is 1. The van der Waals surface area contributed by atoms with Gasteiger partial charge in [0.2, 0.25) is 0 Å². The summed E-state index contributed by atoms with van der Waals surface area (Å²) in [6.07, 6.45) is 3.81. The number of hydrogen-bond acceptors (Lipinski definition) is 4. The van der Waals surface area contributed by atoms with Crippen LogP contribution >= 0.6 is 0 Å². The predicted molar refractivity (Wildman–Crippen MR) is 69.8 cm³/mol. The second-order valence-electron chi connectivity index (χ2n) is 5.19. The number of aliphatic hydroxyl groups is 1. The third-order valence-corrected chi connectivity index (χ3v) is 5.34. The molecular weight excluding hydrogens is 238 g/mol.